The smallest absolute Gasteiger partial charge is 0.261 e. The fourth-order valence-electron chi connectivity index (χ4n) is 3.45. The number of halogens is 1. The first-order chi connectivity index (χ1) is 13.7. The average Bonchev–Trinajstić information content (AvgIpc) is 3.04. The lowest BCUT2D eigenvalue weighted by Crippen LogP contribution is -2.43. The van der Waals surface area contributed by atoms with E-state index in [2.05, 4.69) is 13.8 Å². The molecule has 1 saturated heterocycles. The second-order valence-electron chi connectivity index (χ2n) is 7.72. The molecule has 0 aliphatic carbocycles. The van der Waals surface area contributed by atoms with Gasteiger partial charge in [0.25, 0.3) is 5.91 Å². The molecular formula is C22H26FNO4S. The maximum atomic E-state index is 13.6. The second-order valence-corrected chi connectivity index (χ2v) is 9.95. The first-order valence-corrected chi connectivity index (χ1v) is 11.5. The number of amides is 1. The van der Waals surface area contributed by atoms with Crippen LogP contribution in [0.3, 0.4) is 0 Å². The summed E-state index contributed by atoms with van der Waals surface area (Å²) in [5.41, 5.74) is 1.79. The van der Waals surface area contributed by atoms with Crippen LogP contribution in [0.5, 0.6) is 5.75 Å². The minimum atomic E-state index is -3.16. The third kappa shape index (κ3) is 5.79. The van der Waals surface area contributed by atoms with E-state index in [9.17, 15) is 17.6 Å². The van der Waals surface area contributed by atoms with Gasteiger partial charge in [-0.25, -0.2) is 12.8 Å². The fourth-order valence-corrected chi connectivity index (χ4v) is 5.18. The van der Waals surface area contributed by atoms with Crippen LogP contribution in [-0.4, -0.2) is 43.4 Å². The fraction of sp³-hybridized carbons (Fsp3) is 0.409. The summed E-state index contributed by atoms with van der Waals surface area (Å²) >= 11 is 0. The Morgan fingerprint density at radius 3 is 2.52 bits per heavy atom. The molecule has 0 saturated carbocycles. The standard InChI is InChI=1S/C22H26FNO4S/c1-16(2)18-6-8-21(9-7-18)28-14-22(25)24(20-10-11-29(26,27)15-20)13-17-4-3-5-19(23)12-17/h3-9,12,16,20H,10-11,13-15H2,1-2H3/t20-/m1/s1. The molecule has 0 aromatic heterocycles. The minimum Gasteiger partial charge on any atom is -0.484 e. The molecule has 1 atom stereocenters. The maximum Gasteiger partial charge on any atom is 0.261 e. The lowest BCUT2D eigenvalue weighted by Gasteiger charge is -2.28. The monoisotopic (exact) mass is 419 g/mol. The zero-order valence-corrected chi connectivity index (χ0v) is 17.5. The predicted molar refractivity (Wildman–Crippen MR) is 110 cm³/mol. The Morgan fingerprint density at radius 2 is 1.93 bits per heavy atom. The van der Waals surface area contributed by atoms with Crippen LogP contribution >= 0.6 is 0 Å². The lowest BCUT2D eigenvalue weighted by molar-refractivity contribution is -0.136. The molecule has 1 aliphatic heterocycles. The van der Waals surface area contributed by atoms with Crippen molar-refractivity contribution < 1.29 is 22.3 Å². The largest absolute Gasteiger partial charge is 0.484 e. The Hall–Kier alpha value is -2.41. The number of carbonyl (C=O) groups excluding carboxylic acids is 1. The summed E-state index contributed by atoms with van der Waals surface area (Å²) in [6.07, 6.45) is 0.381. The van der Waals surface area contributed by atoms with Gasteiger partial charge in [-0.05, 0) is 47.7 Å². The van der Waals surface area contributed by atoms with Crippen LogP contribution < -0.4 is 4.74 Å². The van der Waals surface area contributed by atoms with Crippen molar-refractivity contribution in [3.8, 4) is 5.75 Å². The third-order valence-corrected chi connectivity index (χ3v) is 6.87. The molecule has 29 heavy (non-hydrogen) atoms. The molecule has 1 fully saturated rings. The number of carbonyl (C=O) groups is 1. The SMILES string of the molecule is CC(C)c1ccc(OCC(=O)N(Cc2cccc(F)c2)[C@@H]2CCS(=O)(=O)C2)cc1. The van der Waals surface area contributed by atoms with Gasteiger partial charge in [0.2, 0.25) is 0 Å². The molecule has 0 spiro atoms. The van der Waals surface area contributed by atoms with Crippen LogP contribution in [0.1, 0.15) is 37.3 Å². The second kappa shape index (κ2) is 8.95. The molecule has 1 aliphatic rings. The summed E-state index contributed by atoms with van der Waals surface area (Å²) in [5, 5.41) is 0. The van der Waals surface area contributed by atoms with E-state index < -0.39 is 21.7 Å². The highest BCUT2D eigenvalue weighted by atomic mass is 32.2. The van der Waals surface area contributed by atoms with E-state index in [0.29, 0.717) is 23.7 Å². The van der Waals surface area contributed by atoms with E-state index in [-0.39, 0.29) is 30.6 Å². The van der Waals surface area contributed by atoms with Crippen LogP contribution in [-0.2, 0) is 21.2 Å². The summed E-state index contributed by atoms with van der Waals surface area (Å²) in [4.78, 5) is 14.4. The molecule has 2 aromatic carbocycles. The molecular weight excluding hydrogens is 393 g/mol. The Labute approximate surface area is 171 Å². The van der Waals surface area contributed by atoms with E-state index >= 15 is 0 Å². The van der Waals surface area contributed by atoms with Crippen LogP contribution in [0.2, 0.25) is 0 Å². The number of nitrogens with zero attached hydrogens (tertiary/aromatic N) is 1. The van der Waals surface area contributed by atoms with Crippen LogP contribution in [0.4, 0.5) is 4.39 Å². The molecule has 0 unspecified atom stereocenters. The van der Waals surface area contributed by atoms with Crippen molar-refractivity contribution in [3.05, 3.63) is 65.5 Å². The average molecular weight is 420 g/mol. The number of rotatable bonds is 7. The number of hydrogen-bond acceptors (Lipinski definition) is 4. The first kappa shape index (κ1) is 21.3. The molecule has 2 aromatic rings. The van der Waals surface area contributed by atoms with Crippen LogP contribution in [0.25, 0.3) is 0 Å². The quantitative estimate of drug-likeness (QED) is 0.689. The highest BCUT2D eigenvalue weighted by Gasteiger charge is 2.34. The van der Waals surface area contributed by atoms with Gasteiger partial charge in [0, 0.05) is 12.6 Å². The van der Waals surface area contributed by atoms with Gasteiger partial charge in [0.05, 0.1) is 11.5 Å². The number of ether oxygens (including phenoxy) is 1. The Morgan fingerprint density at radius 1 is 1.21 bits per heavy atom. The summed E-state index contributed by atoms with van der Waals surface area (Å²) in [5.74, 6) is 0.253. The highest BCUT2D eigenvalue weighted by Crippen LogP contribution is 2.22. The summed E-state index contributed by atoms with van der Waals surface area (Å²) in [6, 6.07) is 13.1. The minimum absolute atomic E-state index is 0.0577. The van der Waals surface area contributed by atoms with Crippen molar-refractivity contribution in [2.75, 3.05) is 18.1 Å². The third-order valence-electron chi connectivity index (χ3n) is 5.12. The van der Waals surface area contributed by atoms with Crippen molar-refractivity contribution in [3.63, 3.8) is 0 Å². The summed E-state index contributed by atoms with van der Waals surface area (Å²) < 4.78 is 43.0. The van der Waals surface area contributed by atoms with Gasteiger partial charge in [-0.15, -0.1) is 0 Å². The number of sulfone groups is 1. The van der Waals surface area contributed by atoms with Crippen molar-refractivity contribution in [1.82, 2.24) is 4.90 Å². The van der Waals surface area contributed by atoms with Gasteiger partial charge in [-0.2, -0.15) is 0 Å². The predicted octanol–water partition coefficient (Wildman–Crippen LogP) is 3.54. The molecule has 0 N–H and O–H groups in total. The van der Waals surface area contributed by atoms with Crippen molar-refractivity contribution in [2.24, 2.45) is 0 Å². The highest BCUT2D eigenvalue weighted by molar-refractivity contribution is 7.91. The molecule has 0 bridgehead atoms. The maximum absolute atomic E-state index is 13.6. The van der Waals surface area contributed by atoms with Crippen LogP contribution in [0, 0.1) is 5.82 Å². The van der Waals surface area contributed by atoms with Gasteiger partial charge in [-0.3, -0.25) is 4.79 Å². The van der Waals surface area contributed by atoms with Gasteiger partial charge >= 0.3 is 0 Å². The van der Waals surface area contributed by atoms with E-state index in [1.54, 1.807) is 12.1 Å². The summed E-state index contributed by atoms with van der Waals surface area (Å²) in [6.45, 7) is 4.14. The molecule has 1 amide bonds. The topological polar surface area (TPSA) is 63.7 Å². The zero-order chi connectivity index (χ0) is 21.0. The Bertz CT molecular complexity index is 957. The van der Waals surface area contributed by atoms with Crippen molar-refractivity contribution in [1.29, 1.82) is 0 Å². The molecule has 156 valence electrons. The van der Waals surface area contributed by atoms with Crippen LogP contribution in [0.15, 0.2) is 48.5 Å². The molecule has 3 rings (SSSR count). The van der Waals surface area contributed by atoms with Gasteiger partial charge in [-0.1, -0.05) is 38.1 Å². The van der Waals surface area contributed by atoms with Crippen molar-refractivity contribution >= 4 is 15.7 Å². The zero-order valence-electron chi connectivity index (χ0n) is 16.7. The molecule has 7 heteroatoms. The molecule has 5 nitrogen and oxygen atoms in total. The van der Waals surface area contributed by atoms with Gasteiger partial charge in [0.1, 0.15) is 11.6 Å². The van der Waals surface area contributed by atoms with E-state index in [0.717, 1.165) is 0 Å². The van der Waals surface area contributed by atoms with Gasteiger partial charge in [0.15, 0.2) is 16.4 Å². The molecule has 0 radical (unpaired) electrons. The van der Waals surface area contributed by atoms with Gasteiger partial charge < -0.3 is 9.64 Å². The normalized spacial score (nSPS) is 18.0. The number of hydrogen-bond donors (Lipinski definition) is 0. The van der Waals surface area contributed by atoms with E-state index in [1.807, 2.05) is 24.3 Å². The molecule has 1 heterocycles. The Kier molecular flexibility index (Phi) is 6.57. The van der Waals surface area contributed by atoms with E-state index in [1.165, 1.54) is 22.6 Å². The van der Waals surface area contributed by atoms with Crippen molar-refractivity contribution in [2.45, 2.75) is 38.8 Å². The lowest BCUT2D eigenvalue weighted by atomic mass is 10.0. The number of benzene rings is 2. The Balaban J connectivity index is 1.71. The van der Waals surface area contributed by atoms with E-state index in [4.69, 9.17) is 4.74 Å². The summed E-state index contributed by atoms with van der Waals surface area (Å²) in [7, 11) is -3.16. The first-order valence-electron chi connectivity index (χ1n) is 9.70.